The minimum atomic E-state index is -4.24. The summed E-state index contributed by atoms with van der Waals surface area (Å²) in [5.41, 5.74) is 0. The van der Waals surface area contributed by atoms with Crippen LogP contribution in [-0.4, -0.2) is 41.0 Å². The van der Waals surface area contributed by atoms with Gasteiger partial charge in [-0.2, -0.15) is 29.9 Å². The maximum atomic E-state index is 11.9. The number of rotatable bonds is 4. The minimum Gasteiger partial charge on any atom is -0.368 e. The van der Waals surface area contributed by atoms with Gasteiger partial charge in [0, 0.05) is 11.5 Å². The molecule has 2 heterocycles. The van der Waals surface area contributed by atoms with E-state index in [0.29, 0.717) is 12.4 Å². The Bertz CT molecular complexity index is 379. The molecule has 1 aliphatic rings. The smallest absolute Gasteiger partial charge is 0.368 e. The Hall–Kier alpha value is -0.800. The SMILES string of the molecule is FC(F)(F)CNCc1nc(C2CSCCO2)no1. The van der Waals surface area contributed by atoms with Crippen LogP contribution in [0.1, 0.15) is 17.8 Å². The summed E-state index contributed by atoms with van der Waals surface area (Å²) in [5.74, 6) is 2.18. The second-order valence-electron chi connectivity index (χ2n) is 3.70. The summed E-state index contributed by atoms with van der Waals surface area (Å²) in [6.45, 7) is -0.571. The highest BCUT2D eigenvalue weighted by molar-refractivity contribution is 7.99. The van der Waals surface area contributed by atoms with E-state index >= 15 is 0 Å². The predicted molar refractivity (Wildman–Crippen MR) is 58.1 cm³/mol. The molecule has 9 heteroatoms. The van der Waals surface area contributed by atoms with Crippen LogP contribution in [-0.2, 0) is 11.3 Å². The van der Waals surface area contributed by atoms with E-state index in [9.17, 15) is 13.2 Å². The molecule has 1 aliphatic heterocycles. The van der Waals surface area contributed by atoms with Gasteiger partial charge >= 0.3 is 6.18 Å². The zero-order chi connectivity index (χ0) is 13.0. The van der Waals surface area contributed by atoms with Crippen LogP contribution in [0.15, 0.2) is 4.52 Å². The lowest BCUT2D eigenvalue weighted by Gasteiger charge is -2.18. The molecular weight excluding hydrogens is 271 g/mol. The maximum Gasteiger partial charge on any atom is 0.401 e. The molecule has 1 atom stereocenters. The third kappa shape index (κ3) is 4.14. The molecule has 0 spiro atoms. The van der Waals surface area contributed by atoms with Crippen molar-refractivity contribution in [2.24, 2.45) is 0 Å². The standard InChI is InChI=1S/C9H12F3N3O2S/c10-9(11,12)5-13-3-7-14-8(15-17-7)6-4-18-2-1-16-6/h6,13H,1-5H2. The van der Waals surface area contributed by atoms with Crippen LogP contribution in [0.5, 0.6) is 0 Å². The Morgan fingerprint density at radius 2 is 2.28 bits per heavy atom. The van der Waals surface area contributed by atoms with Crippen molar-refractivity contribution >= 4 is 11.8 Å². The van der Waals surface area contributed by atoms with Crippen LogP contribution in [0.4, 0.5) is 13.2 Å². The summed E-state index contributed by atoms with van der Waals surface area (Å²) >= 11 is 1.72. The van der Waals surface area contributed by atoms with E-state index in [0.717, 1.165) is 11.5 Å². The van der Waals surface area contributed by atoms with Crippen molar-refractivity contribution in [1.82, 2.24) is 15.5 Å². The monoisotopic (exact) mass is 283 g/mol. The molecular formula is C9H12F3N3O2S. The van der Waals surface area contributed by atoms with E-state index in [1.807, 2.05) is 0 Å². The lowest BCUT2D eigenvalue weighted by atomic mass is 10.4. The van der Waals surface area contributed by atoms with Crippen LogP contribution in [0.3, 0.4) is 0 Å². The van der Waals surface area contributed by atoms with Gasteiger partial charge in [0.05, 0.1) is 19.7 Å². The molecule has 1 N–H and O–H groups in total. The van der Waals surface area contributed by atoms with Crippen LogP contribution in [0.25, 0.3) is 0 Å². The minimum absolute atomic E-state index is 0.105. The van der Waals surface area contributed by atoms with Gasteiger partial charge < -0.3 is 14.6 Å². The zero-order valence-electron chi connectivity index (χ0n) is 9.37. The Morgan fingerprint density at radius 1 is 1.44 bits per heavy atom. The molecule has 1 fully saturated rings. The third-order valence-corrected chi connectivity index (χ3v) is 3.18. The second-order valence-corrected chi connectivity index (χ2v) is 4.85. The molecule has 0 bridgehead atoms. The van der Waals surface area contributed by atoms with E-state index < -0.39 is 12.7 Å². The summed E-state index contributed by atoms with van der Waals surface area (Å²) in [7, 11) is 0. The Balaban J connectivity index is 1.82. The fourth-order valence-electron chi connectivity index (χ4n) is 1.42. The first-order chi connectivity index (χ1) is 8.54. The molecule has 5 nitrogen and oxygen atoms in total. The Morgan fingerprint density at radius 3 is 2.94 bits per heavy atom. The molecule has 1 aromatic rings. The molecule has 1 unspecified atom stereocenters. The highest BCUT2D eigenvalue weighted by Crippen LogP contribution is 2.24. The third-order valence-electron chi connectivity index (χ3n) is 2.19. The number of hydrogen-bond acceptors (Lipinski definition) is 6. The quantitative estimate of drug-likeness (QED) is 0.904. The lowest BCUT2D eigenvalue weighted by molar-refractivity contribution is -0.125. The van der Waals surface area contributed by atoms with Crippen molar-refractivity contribution in [3.05, 3.63) is 11.7 Å². The summed E-state index contributed by atoms with van der Waals surface area (Å²) in [5, 5.41) is 5.90. The first kappa shape index (κ1) is 13.6. The van der Waals surface area contributed by atoms with E-state index in [-0.39, 0.29) is 18.5 Å². The highest BCUT2D eigenvalue weighted by Gasteiger charge is 2.27. The van der Waals surface area contributed by atoms with Crippen molar-refractivity contribution in [3.8, 4) is 0 Å². The van der Waals surface area contributed by atoms with Crippen LogP contribution < -0.4 is 5.32 Å². The number of nitrogens with one attached hydrogen (secondary N) is 1. The van der Waals surface area contributed by atoms with Gasteiger partial charge in [0.1, 0.15) is 6.10 Å². The molecule has 0 saturated carbocycles. The van der Waals surface area contributed by atoms with Gasteiger partial charge in [-0.3, -0.25) is 0 Å². The summed E-state index contributed by atoms with van der Waals surface area (Å²) in [4.78, 5) is 4.01. The van der Waals surface area contributed by atoms with Gasteiger partial charge in [0.15, 0.2) is 0 Å². The molecule has 0 radical (unpaired) electrons. The van der Waals surface area contributed by atoms with Crippen molar-refractivity contribution in [2.45, 2.75) is 18.8 Å². The lowest BCUT2D eigenvalue weighted by Crippen LogP contribution is -2.28. The number of nitrogens with zero attached hydrogens (tertiary/aromatic N) is 2. The number of aromatic nitrogens is 2. The van der Waals surface area contributed by atoms with Gasteiger partial charge in [-0.25, -0.2) is 0 Å². The van der Waals surface area contributed by atoms with Crippen LogP contribution >= 0.6 is 11.8 Å². The Kier molecular flexibility index (Phi) is 4.46. The fourth-order valence-corrected chi connectivity index (χ4v) is 2.26. The van der Waals surface area contributed by atoms with Gasteiger partial charge in [-0.1, -0.05) is 5.16 Å². The van der Waals surface area contributed by atoms with Crippen LogP contribution in [0, 0.1) is 0 Å². The molecule has 1 saturated heterocycles. The molecule has 18 heavy (non-hydrogen) atoms. The van der Waals surface area contributed by atoms with E-state index in [1.165, 1.54) is 0 Å². The first-order valence-corrected chi connectivity index (χ1v) is 6.49. The highest BCUT2D eigenvalue weighted by atomic mass is 32.2. The fraction of sp³-hybridized carbons (Fsp3) is 0.778. The molecule has 0 aliphatic carbocycles. The normalized spacial score (nSPS) is 21.2. The molecule has 102 valence electrons. The summed E-state index contributed by atoms with van der Waals surface area (Å²) < 4.78 is 46.0. The number of halogens is 3. The summed E-state index contributed by atoms with van der Waals surface area (Å²) in [6, 6.07) is 0. The van der Waals surface area contributed by atoms with Gasteiger partial charge in [0.2, 0.25) is 11.7 Å². The van der Waals surface area contributed by atoms with Crippen molar-refractivity contribution < 1.29 is 22.4 Å². The topological polar surface area (TPSA) is 60.2 Å². The van der Waals surface area contributed by atoms with E-state index in [4.69, 9.17) is 9.26 Å². The number of ether oxygens (including phenoxy) is 1. The number of alkyl halides is 3. The Labute approximate surface area is 105 Å². The maximum absolute atomic E-state index is 11.9. The number of thioether (sulfide) groups is 1. The van der Waals surface area contributed by atoms with Gasteiger partial charge in [-0.15, -0.1) is 0 Å². The van der Waals surface area contributed by atoms with Crippen LogP contribution in [0.2, 0.25) is 0 Å². The van der Waals surface area contributed by atoms with Gasteiger partial charge in [-0.05, 0) is 0 Å². The molecule has 1 aromatic heterocycles. The first-order valence-electron chi connectivity index (χ1n) is 5.34. The van der Waals surface area contributed by atoms with E-state index in [1.54, 1.807) is 11.8 Å². The van der Waals surface area contributed by atoms with Gasteiger partial charge in [0.25, 0.3) is 0 Å². The molecule has 2 rings (SSSR count). The second kappa shape index (κ2) is 5.89. The molecule has 0 amide bonds. The van der Waals surface area contributed by atoms with Crippen molar-refractivity contribution in [2.75, 3.05) is 24.7 Å². The molecule has 0 aromatic carbocycles. The number of hydrogen-bond donors (Lipinski definition) is 1. The van der Waals surface area contributed by atoms with Crippen molar-refractivity contribution in [1.29, 1.82) is 0 Å². The largest absolute Gasteiger partial charge is 0.401 e. The van der Waals surface area contributed by atoms with E-state index in [2.05, 4.69) is 15.5 Å². The summed E-state index contributed by atoms with van der Waals surface area (Å²) in [6.07, 6.45) is -4.48. The zero-order valence-corrected chi connectivity index (χ0v) is 10.2. The predicted octanol–water partition coefficient (Wildman–Crippen LogP) is 1.53. The van der Waals surface area contributed by atoms with Crippen molar-refractivity contribution in [3.63, 3.8) is 0 Å². The average Bonchev–Trinajstić information content (AvgIpc) is 2.77. The average molecular weight is 283 g/mol.